The minimum absolute atomic E-state index is 0.0930. The van der Waals surface area contributed by atoms with Crippen LogP contribution in [0.2, 0.25) is 0 Å². The first-order valence-electron chi connectivity index (χ1n) is 12.3. The summed E-state index contributed by atoms with van der Waals surface area (Å²) < 4.78 is 39.2. The Labute approximate surface area is 203 Å². The number of fused-ring (bicyclic) bond motifs is 1. The van der Waals surface area contributed by atoms with Gasteiger partial charge in [-0.1, -0.05) is 0 Å². The normalized spacial score (nSPS) is 21.9. The standard InChI is InChI=1S/C25H31F3N6O/c26-25(27,28)20-13-19-16-33(12-6-23(19)30-14-20)24(35)34-11-5-22(17-34)31-21-3-9-32(10-4-21)15-18-1-7-29-8-2-18/h1-2,7-8,13-14,21-22,31H,3-6,9-12,15-17H2. The van der Waals surface area contributed by atoms with E-state index < -0.39 is 11.7 Å². The van der Waals surface area contributed by atoms with E-state index in [9.17, 15) is 18.0 Å². The number of amides is 2. The maximum Gasteiger partial charge on any atom is 0.417 e. The molecule has 0 saturated carbocycles. The van der Waals surface area contributed by atoms with E-state index in [1.54, 1.807) is 4.90 Å². The van der Waals surface area contributed by atoms with Gasteiger partial charge in [-0.15, -0.1) is 0 Å². The fraction of sp³-hybridized carbons (Fsp3) is 0.560. The predicted molar refractivity (Wildman–Crippen MR) is 124 cm³/mol. The minimum Gasteiger partial charge on any atom is -0.323 e. The molecule has 0 aromatic carbocycles. The number of hydrogen-bond acceptors (Lipinski definition) is 5. The molecule has 2 aromatic rings. The zero-order chi connectivity index (χ0) is 24.4. The monoisotopic (exact) mass is 488 g/mol. The van der Waals surface area contributed by atoms with Crippen LogP contribution in [0.4, 0.5) is 18.0 Å². The van der Waals surface area contributed by atoms with Crippen molar-refractivity contribution in [1.29, 1.82) is 0 Å². The number of likely N-dealkylation sites (tertiary alicyclic amines) is 2. The number of carbonyl (C=O) groups excluding carboxylic acids is 1. The van der Waals surface area contributed by atoms with E-state index in [4.69, 9.17) is 0 Å². The van der Waals surface area contributed by atoms with Gasteiger partial charge in [-0.25, -0.2) is 4.79 Å². The molecule has 2 amide bonds. The third-order valence-corrected chi connectivity index (χ3v) is 7.31. The van der Waals surface area contributed by atoms with Crippen molar-refractivity contribution >= 4 is 6.03 Å². The van der Waals surface area contributed by atoms with Crippen LogP contribution in [0, 0.1) is 0 Å². The maximum absolute atomic E-state index is 13.1. The Bertz CT molecular complexity index is 1030. The summed E-state index contributed by atoms with van der Waals surface area (Å²) in [6, 6.07) is 5.85. The van der Waals surface area contributed by atoms with Crippen molar-refractivity contribution in [3.63, 3.8) is 0 Å². The van der Waals surface area contributed by atoms with Gasteiger partial charge in [0.05, 0.1) is 5.56 Å². The Morgan fingerprint density at radius 3 is 2.51 bits per heavy atom. The van der Waals surface area contributed by atoms with Gasteiger partial charge in [0.15, 0.2) is 0 Å². The van der Waals surface area contributed by atoms with E-state index in [0.717, 1.165) is 51.2 Å². The molecule has 0 spiro atoms. The summed E-state index contributed by atoms with van der Waals surface area (Å²) in [4.78, 5) is 27.1. The number of rotatable bonds is 4. The summed E-state index contributed by atoms with van der Waals surface area (Å²) in [6.07, 6.45) is 3.64. The van der Waals surface area contributed by atoms with Gasteiger partial charge < -0.3 is 15.1 Å². The summed E-state index contributed by atoms with van der Waals surface area (Å²) >= 11 is 0. The first-order chi connectivity index (χ1) is 16.8. The molecule has 5 rings (SSSR count). The zero-order valence-electron chi connectivity index (χ0n) is 19.7. The third-order valence-electron chi connectivity index (χ3n) is 7.31. The molecule has 1 atom stereocenters. The van der Waals surface area contributed by atoms with Gasteiger partial charge in [0.25, 0.3) is 0 Å². The third kappa shape index (κ3) is 5.75. The van der Waals surface area contributed by atoms with Gasteiger partial charge in [0.1, 0.15) is 0 Å². The Kier molecular flexibility index (Phi) is 6.93. The highest BCUT2D eigenvalue weighted by Gasteiger charge is 2.35. The van der Waals surface area contributed by atoms with Crippen LogP contribution in [0.3, 0.4) is 0 Å². The zero-order valence-corrected chi connectivity index (χ0v) is 19.7. The molecule has 0 bridgehead atoms. The Morgan fingerprint density at radius 1 is 1.03 bits per heavy atom. The molecule has 7 nitrogen and oxygen atoms in total. The fourth-order valence-electron chi connectivity index (χ4n) is 5.35. The Hall–Kier alpha value is -2.72. The van der Waals surface area contributed by atoms with Gasteiger partial charge in [-0.05, 0) is 61.7 Å². The molecule has 35 heavy (non-hydrogen) atoms. The van der Waals surface area contributed by atoms with Crippen LogP contribution < -0.4 is 5.32 Å². The number of nitrogens with one attached hydrogen (secondary N) is 1. The smallest absolute Gasteiger partial charge is 0.323 e. The number of pyridine rings is 2. The highest BCUT2D eigenvalue weighted by molar-refractivity contribution is 5.75. The van der Waals surface area contributed by atoms with Crippen molar-refractivity contribution in [1.82, 2.24) is 30.0 Å². The van der Waals surface area contributed by atoms with Gasteiger partial charge in [0.2, 0.25) is 0 Å². The summed E-state index contributed by atoms with van der Waals surface area (Å²) in [5, 5.41) is 3.75. The van der Waals surface area contributed by atoms with Gasteiger partial charge in [-0.3, -0.25) is 14.9 Å². The van der Waals surface area contributed by atoms with E-state index in [-0.39, 0.29) is 18.6 Å². The topological polar surface area (TPSA) is 64.6 Å². The molecule has 2 saturated heterocycles. The second kappa shape index (κ2) is 10.1. The van der Waals surface area contributed by atoms with Crippen LogP contribution in [-0.2, 0) is 25.7 Å². The number of aromatic nitrogens is 2. The number of hydrogen-bond donors (Lipinski definition) is 1. The highest BCUT2D eigenvalue weighted by atomic mass is 19.4. The summed E-state index contributed by atoms with van der Waals surface area (Å²) in [6.45, 7) is 4.99. The number of nitrogens with zero attached hydrogens (tertiary/aromatic N) is 5. The average molecular weight is 489 g/mol. The molecule has 10 heteroatoms. The second-order valence-electron chi connectivity index (χ2n) is 9.79. The van der Waals surface area contributed by atoms with Gasteiger partial charge >= 0.3 is 12.2 Å². The molecule has 1 N–H and O–H groups in total. The fourth-order valence-corrected chi connectivity index (χ4v) is 5.35. The first-order valence-corrected chi connectivity index (χ1v) is 12.3. The van der Waals surface area contributed by atoms with Crippen LogP contribution in [0.25, 0.3) is 0 Å². The van der Waals surface area contributed by atoms with Crippen LogP contribution in [0.15, 0.2) is 36.8 Å². The molecular weight excluding hydrogens is 457 g/mol. The second-order valence-corrected chi connectivity index (χ2v) is 9.79. The van der Waals surface area contributed by atoms with Crippen LogP contribution in [0.5, 0.6) is 0 Å². The average Bonchev–Trinajstić information content (AvgIpc) is 3.32. The van der Waals surface area contributed by atoms with E-state index >= 15 is 0 Å². The van der Waals surface area contributed by atoms with Crippen molar-refractivity contribution in [2.75, 3.05) is 32.7 Å². The summed E-state index contributed by atoms with van der Waals surface area (Å²) in [7, 11) is 0. The number of alkyl halides is 3. The lowest BCUT2D eigenvalue weighted by Gasteiger charge is -2.34. The molecular formula is C25H31F3N6O. The molecule has 3 aliphatic heterocycles. The van der Waals surface area contributed by atoms with E-state index in [0.29, 0.717) is 43.4 Å². The molecule has 3 aliphatic rings. The first kappa shape index (κ1) is 24.0. The quantitative estimate of drug-likeness (QED) is 0.716. The molecule has 2 aromatic heterocycles. The van der Waals surface area contributed by atoms with Gasteiger partial charge in [0, 0.05) is 75.5 Å². The van der Waals surface area contributed by atoms with E-state index in [1.165, 1.54) is 5.56 Å². The summed E-state index contributed by atoms with van der Waals surface area (Å²) in [5.74, 6) is 0. The predicted octanol–water partition coefficient (Wildman–Crippen LogP) is 3.30. The van der Waals surface area contributed by atoms with Crippen LogP contribution in [-0.4, -0.2) is 75.5 Å². The molecule has 1 unspecified atom stereocenters. The number of piperidine rings is 1. The minimum atomic E-state index is -4.43. The number of carbonyl (C=O) groups is 1. The molecule has 188 valence electrons. The largest absolute Gasteiger partial charge is 0.417 e. The van der Waals surface area contributed by atoms with Crippen molar-refractivity contribution < 1.29 is 18.0 Å². The number of halogens is 3. The van der Waals surface area contributed by atoms with E-state index in [1.807, 2.05) is 17.3 Å². The molecule has 0 aliphatic carbocycles. The van der Waals surface area contributed by atoms with Crippen molar-refractivity contribution in [2.24, 2.45) is 0 Å². The lowest BCUT2D eigenvalue weighted by molar-refractivity contribution is -0.137. The lowest BCUT2D eigenvalue weighted by atomic mass is 10.0. The summed E-state index contributed by atoms with van der Waals surface area (Å²) in [5.41, 5.74) is 1.66. The molecule has 2 fully saturated rings. The van der Waals surface area contributed by atoms with Crippen LogP contribution >= 0.6 is 0 Å². The lowest BCUT2D eigenvalue weighted by Crippen LogP contribution is -2.48. The van der Waals surface area contributed by atoms with Crippen LogP contribution in [0.1, 0.15) is 41.6 Å². The maximum atomic E-state index is 13.1. The van der Waals surface area contributed by atoms with Gasteiger partial charge in [-0.2, -0.15) is 13.2 Å². The van der Waals surface area contributed by atoms with Crippen molar-refractivity contribution in [3.05, 3.63) is 59.2 Å². The van der Waals surface area contributed by atoms with Crippen molar-refractivity contribution in [2.45, 2.75) is 57.0 Å². The molecule has 0 radical (unpaired) electrons. The van der Waals surface area contributed by atoms with E-state index in [2.05, 4.69) is 32.3 Å². The van der Waals surface area contributed by atoms with Crippen molar-refractivity contribution in [3.8, 4) is 0 Å². The number of urea groups is 1. The Balaban J connectivity index is 1.09. The highest BCUT2D eigenvalue weighted by Crippen LogP contribution is 2.31. The SMILES string of the molecule is O=C(N1CCc2ncc(C(F)(F)F)cc2C1)N1CCC(NC2CCN(Cc3ccncc3)CC2)C1. The Morgan fingerprint density at radius 2 is 1.77 bits per heavy atom. The molecule has 5 heterocycles.